The van der Waals surface area contributed by atoms with E-state index in [-0.39, 0.29) is 17.0 Å². The number of carbonyl (C=O) groups excluding carboxylic acids is 2. The molecule has 0 radical (unpaired) electrons. The Morgan fingerprint density at radius 2 is 1.72 bits per heavy atom. The van der Waals surface area contributed by atoms with Crippen molar-refractivity contribution in [3.63, 3.8) is 0 Å². The SMILES string of the molecule is COC(=O)c1c(-c2ccccc2)csc1NC(=O)c1ccc(-c2ccc([N+](=O)[O-])cc2)o1. The highest BCUT2D eigenvalue weighted by Crippen LogP contribution is 2.36. The summed E-state index contributed by atoms with van der Waals surface area (Å²) in [5, 5.41) is 15.6. The number of thiophene rings is 1. The second-order valence-corrected chi connectivity index (χ2v) is 7.51. The number of methoxy groups -OCH3 is 1. The van der Waals surface area contributed by atoms with Gasteiger partial charge in [-0.2, -0.15) is 0 Å². The monoisotopic (exact) mass is 448 g/mol. The summed E-state index contributed by atoms with van der Waals surface area (Å²) in [6.45, 7) is 0. The number of nitro groups is 1. The van der Waals surface area contributed by atoms with Crippen LogP contribution in [0.5, 0.6) is 0 Å². The van der Waals surface area contributed by atoms with Crippen LogP contribution in [0.2, 0.25) is 0 Å². The highest BCUT2D eigenvalue weighted by Gasteiger charge is 2.23. The number of nitrogens with zero attached hydrogens (tertiary/aromatic N) is 1. The number of ether oxygens (including phenoxy) is 1. The van der Waals surface area contributed by atoms with E-state index in [9.17, 15) is 19.7 Å². The van der Waals surface area contributed by atoms with Gasteiger partial charge in [-0.1, -0.05) is 30.3 Å². The van der Waals surface area contributed by atoms with Gasteiger partial charge in [0.05, 0.1) is 12.0 Å². The smallest absolute Gasteiger partial charge is 0.341 e. The van der Waals surface area contributed by atoms with E-state index in [2.05, 4.69) is 5.32 Å². The van der Waals surface area contributed by atoms with Crippen molar-refractivity contribution in [2.24, 2.45) is 0 Å². The molecule has 0 atom stereocenters. The lowest BCUT2D eigenvalue weighted by atomic mass is 10.0. The maximum atomic E-state index is 12.8. The number of amides is 1. The molecule has 2 aromatic carbocycles. The van der Waals surface area contributed by atoms with E-state index in [0.29, 0.717) is 21.9 Å². The van der Waals surface area contributed by atoms with Crippen LogP contribution in [0, 0.1) is 10.1 Å². The Balaban J connectivity index is 1.59. The minimum atomic E-state index is -0.564. The van der Waals surface area contributed by atoms with Gasteiger partial charge in [-0.15, -0.1) is 11.3 Å². The van der Waals surface area contributed by atoms with Gasteiger partial charge < -0.3 is 14.5 Å². The fraction of sp³-hybridized carbons (Fsp3) is 0.0435. The van der Waals surface area contributed by atoms with Gasteiger partial charge in [-0.25, -0.2) is 4.79 Å². The van der Waals surface area contributed by atoms with Crippen molar-refractivity contribution in [3.8, 4) is 22.5 Å². The molecule has 0 saturated heterocycles. The Morgan fingerprint density at radius 1 is 1.00 bits per heavy atom. The Labute approximate surface area is 186 Å². The van der Waals surface area contributed by atoms with Crippen LogP contribution in [0.25, 0.3) is 22.5 Å². The van der Waals surface area contributed by atoms with Crippen molar-refractivity contribution in [1.29, 1.82) is 0 Å². The Bertz CT molecular complexity index is 1290. The predicted octanol–water partition coefficient (Wildman–Crippen LogP) is 5.62. The molecule has 0 bridgehead atoms. The van der Waals surface area contributed by atoms with Gasteiger partial charge in [0.1, 0.15) is 16.3 Å². The summed E-state index contributed by atoms with van der Waals surface area (Å²) in [5.41, 5.74) is 2.29. The number of benzene rings is 2. The number of non-ortho nitro benzene ring substituents is 1. The maximum absolute atomic E-state index is 12.8. The zero-order valence-electron chi connectivity index (χ0n) is 16.7. The molecule has 4 rings (SSSR count). The summed E-state index contributed by atoms with van der Waals surface area (Å²) in [4.78, 5) is 35.5. The van der Waals surface area contributed by atoms with Gasteiger partial charge in [-0.05, 0) is 29.8 Å². The molecule has 0 aliphatic rings. The van der Waals surface area contributed by atoms with Gasteiger partial charge in [0.25, 0.3) is 11.6 Å². The highest BCUT2D eigenvalue weighted by molar-refractivity contribution is 7.15. The van der Waals surface area contributed by atoms with E-state index >= 15 is 0 Å². The lowest BCUT2D eigenvalue weighted by molar-refractivity contribution is -0.384. The fourth-order valence-corrected chi connectivity index (χ4v) is 4.06. The molecule has 2 aromatic heterocycles. The lowest BCUT2D eigenvalue weighted by Crippen LogP contribution is -2.13. The van der Waals surface area contributed by atoms with Crippen molar-refractivity contribution in [3.05, 3.63) is 93.5 Å². The van der Waals surface area contributed by atoms with Crippen molar-refractivity contribution in [2.75, 3.05) is 12.4 Å². The predicted molar refractivity (Wildman–Crippen MR) is 120 cm³/mol. The van der Waals surface area contributed by atoms with Gasteiger partial charge in [-0.3, -0.25) is 14.9 Å². The largest absolute Gasteiger partial charge is 0.465 e. The number of rotatable bonds is 6. The van der Waals surface area contributed by atoms with Crippen LogP contribution in [-0.2, 0) is 4.74 Å². The summed E-state index contributed by atoms with van der Waals surface area (Å²) in [5.74, 6) is -0.686. The van der Waals surface area contributed by atoms with E-state index in [1.165, 1.54) is 36.6 Å². The highest BCUT2D eigenvalue weighted by atomic mass is 32.1. The van der Waals surface area contributed by atoms with Crippen LogP contribution < -0.4 is 5.32 Å². The number of hydrogen-bond donors (Lipinski definition) is 1. The molecule has 2 heterocycles. The van der Waals surface area contributed by atoms with Gasteiger partial charge in [0, 0.05) is 28.6 Å². The molecule has 9 heteroatoms. The molecule has 0 spiro atoms. The molecule has 0 aliphatic carbocycles. The third-order valence-electron chi connectivity index (χ3n) is 4.68. The molecule has 4 aromatic rings. The lowest BCUT2D eigenvalue weighted by Gasteiger charge is -2.07. The zero-order valence-corrected chi connectivity index (χ0v) is 17.5. The Kier molecular flexibility index (Phi) is 5.82. The number of furan rings is 1. The Hall–Kier alpha value is -4.24. The zero-order chi connectivity index (χ0) is 22.7. The first-order chi connectivity index (χ1) is 15.5. The van der Waals surface area contributed by atoms with Crippen molar-refractivity contribution in [1.82, 2.24) is 0 Å². The maximum Gasteiger partial charge on any atom is 0.341 e. The number of anilines is 1. The molecule has 32 heavy (non-hydrogen) atoms. The van der Waals surface area contributed by atoms with Crippen LogP contribution >= 0.6 is 11.3 Å². The van der Waals surface area contributed by atoms with Crippen LogP contribution in [-0.4, -0.2) is 23.9 Å². The minimum absolute atomic E-state index is 0.0313. The van der Waals surface area contributed by atoms with Gasteiger partial charge in [0.2, 0.25) is 0 Å². The van der Waals surface area contributed by atoms with Crippen molar-refractivity contribution >= 4 is 33.9 Å². The first-order valence-corrected chi connectivity index (χ1v) is 10.3. The molecule has 0 fully saturated rings. The molecular formula is C23H16N2O6S. The number of nitro benzene ring substituents is 1. The number of carbonyl (C=O) groups is 2. The third kappa shape index (κ3) is 4.14. The van der Waals surface area contributed by atoms with E-state index < -0.39 is 16.8 Å². The summed E-state index contributed by atoms with van der Waals surface area (Å²) < 4.78 is 10.5. The molecule has 160 valence electrons. The molecule has 8 nitrogen and oxygen atoms in total. The molecule has 1 amide bonds. The molecule has 1 N–H and O–H groups in total. The summed E-state index contributed by atoms with van der Waals surface area (Å²) in [7, 11) is 1.28. The van der Waals surface area contributed by atoms with E-state index in [0.717, 1.165) is 5.56 Å². The Morgan fingerprint density at radius 3 is 2.38 bits per heavy atom. The van der Waals surface area contributed by atoms with Crippen molar-refractivity contribution < 1.29 is 23.7 Å². The third-order valence-corrected chi connectivity index (χ3v) is 5.58. The topological polar surface area (TPSA) is 112 Å². The average Bonchev–Trinajstić information content (AvgIpc) is 3.47. The van der Waals surface area contributed by atoms with E-state index in [1.54, 1.807) is 23.6 Å². The van der Waals surface area contributed by atoms with Crippen LogP contribution in [0.4, 0.5) is 10.7 Å². The molecule has 0 aliphatic heterocycles. The fourth-order valence-electron chi connectivity index (χ4n) is 3.11. The summed E-state index contributed by atoms with van der Waals surface area (Å²) in [6.07, 6.45) is 0. The van der Waals surface area contributed by atoms with Gasteiger partial charge >= 0.3 is 5.97 Å². The first kappa shape index (κ1) is 21.0. The molecule has 0 saturated carbocycles. The number of nitrogens with one attached hydrogen (secondary N) is 1. The van der Waals surface area contributed by atoms with Gasteiger partial charge in [0.15, 0.2) is 5.76 Å². The van der Waals surface area contributed by atoms with Crippen molar-refractivity contribution in [2.45, 2.75) is 0 Å². The second kappa shape index (κ2) is 8.86. The second-order valence-electron chi connectivity index (χ2n) is 6.63. The summed E-state index contributed by atoms with van der Waals surface area (Å²) >= 11 is 1.21. The van der Waals surface area contributed by atoms with E-state index in [4.69, 9.17) is 9.15 Å². The average molecular weight is 448 g/mol. The van der Waals surface area contributed by atoms with E-state index in [1.807, 2.05) is 30.3 Å². The van der Waals surface area contributed by atoms with Crippen LogP contribution in [0.1, 0.15) is 20.9 Å². The number of esters is 1. The molecule has 0 unspecified atom stereocenters. The minimum Gasteiger partial charge on any atom is -0.465 e. The standard InChI is InChI=1S/C23H16N2O6S/c1-30-23(27)20-17(14-5-3-2-4-6-14)13-32-22(20)24-21(26)19-12-11-18(31-19)15-7-9-16(10-8-15)25(28)29/h2-13H,1H3,(H,24,26). The van der Waals surface area contributed by atoms with Crippen LogP contribution in [0.15, 0.2) is 76.5 Å². The molecular weight excluding hydrogens is 432 g/mol. The van der Waals surface area contributed by atoms with Crippen LogP contribution in [0.3, 0.4) is 0 Å². The quantitative estimate of drug-likeness (QED) is 0.233. The normalized spacial score (nSPS) is 10.5. The summed E-state index contributed by atoms with van der Waals surface area (Å²) in [6, 6.07) is 18.2. The number of hydrogen-bond acceptors (Lipinski definition) is 7. The first-order valence-electron chi connectivity index (χ1n) is 9.39.